The van der Waals surface area contributed by atoms with Gasteiger partial charge in [-0.15, -0.1) is 0 Å². The molecule has 3 rings (SSSR count). The Morgan fingerprint density at radius 2 is 1.90 bits per heavy atom. The Hall–Kier alpha value is -3.00. The Kier molecular flexibility index (Phi) is 6.99. The summed E-state index contributed by atoms with van der Waals surface area (Å²) < 4.78 is 49.6. The maximum absolute atomic E-state index is 14.6. The first-order chi connectivity index (χ1) is 14.3. The molecule has 2 aromatic carbocycles. The summed E-state index contributed by atoms with van der Waals surface area (Å²) in [5.41, 5.74) is 1.06. The summed E-state index contributed by atoms with van der Waals surface area (Å²) >= 11 is 0. The van der Waals surface area contributed by atoms with Crippen molar-refractivity contribution in [3.05, 3.63) is 59.9 Å². The number of carbonyl (C=O) groups is 1. The molecule has 30 heavy (non-hydrogen) atoms. The zero-order valence-electron chi connectivity index (χ0n) is 16.6. The van der Waals surface area contributed by atoms with Crippen molar-refractivity contribution < 1.29 is 27.4 Å². The van der Waals surface area contributed by atoms with E-state index in [0.29, 0.717) is 24.3 Å². The minimum atomic E-state index is -2.97. The largest absolute Gasteiger partial charge is 0.434 e. The van der Waals surface area contributed by atoms with Crippen molar-refractivity contribution >= 4 is 23.4 Å². The standard InChI is InChI=1S/C22H23F3N2O3/c1-14-12-27(13-15(2)29-14)19-9-8-17(11-18(19)23)26-21(28)10-7-16-5-3-4-6-20(16)30-22(24)25/h3-11,14-15,22H,12-13H2,1-2H3,(H,26,28). The number of benzene rings is 2. The lowest BCUT2D eigenvalue weighted by Crippen LogP contribution is -2.45. The summed E-state index contributed by atoms with van der Waals surface area (Å²) in [5, 5.41) is 2.56. The van der Waals surface area contributed by atoms with Crippen molar-refractivity contribution in [2.24, 2.45) is 0 Å². The Morgan fingerprint density at radius 3 is 2.57 bits per heavy atom. The molecule has 0 spiro atoms. The molecule has 0 bridgehead atoms. The first-order valence-corrected chi connectivity index (χ1v) is 9.54. The lowest BCUT2D eigenvalue weighted by Gasteiger charge is -2.37. The molecule has 1 aliphatic rings. The van der Waals surface area contributed by atoms with Gasteiger partial charge in [0.05, 0.1) is 17.9 Å². The van der Waals surface area contributed by atoms with Crippen LogP contribution >= 0.6 is 0 Å². The molecule has 1 fully saturated rings. The van der Waals surface area contributed by atoms with E-state index < -0.39 is 18.3 Å². The normalized spacial score (nSPS) is 19.3. The summed E-state index contributed by atoms with van der Waals surface area (Å²) in [5.74, 6) is -1.02. The molecule has 1 aliphatic heterocycles. The van der Waals surface area contributed by atoms with Gasteiger partial charge in [-0.1, -0.05) is 18.2 Å². The van der Waals surface area contributed by atoms with Gasteiger partial charge in [0.25, 0.3) is 0 Å². The Bertz CT molecular complexity index is 910. The number of amides is 1. The summed E-state index contributed by atoms with van der Waals surface area (Å²) in [6.45, 7) is 2.07. The van der Waals surface area contributed by atoms with E-state index in [1.807, 2.05) is 18.7 Å². The average Bonchev–Trinajstić information content (AvgIpc) is 2.66. The molecule has 0 saturated carbocycles. The van der Waals surface area contributed by atoms with Crippen LogP contribution in [0.5, 0.6) is 5.75 Å². The van der Waals surface area contributed by atoms with Crippen LogP contribution in [-0.2, 0) is 9.53 Å². The van der Waals surface area contributed by atoms with Gasteiger partial charge in [0.15, 0.2) is 0 Å². The zero-order valence-corrected chi connectivity index (χ0v) is 16.6. The lowest BCUT2D eigenvalue weighted by molar-refractivity contribution is -0.111. The van der Waals surface area contributed by atoms with Gasteiger partial charge in [-0.3, -0.25) is 4.79 Å². The van der Waals surface area contributed by atoms with Gasteiger partial charge >= 0.3 is 6.61 Å². The van der Waals surface area contributed by atoms with Crippen molar-refractivity contribution in [2.75, 3.05) is 23.3 Å². The van der Waals surface area contributed by atoms with Gasteiger partial charge < -0.3 is 19.7 Å². The smallest absolute Gasteiger partial charge is 0.387 e. The number of rotatable bonds is 6. The molecular formula is C22H23F3N2O3. The summed E-state index contributed by atoms with van der Waals surface area (Å²) in [7, 11) is 0. The Labute approximate surface area is 173 Å². The summed E-state index contributed by atoms with van der Waals surface area (Å²) in [6, 6.07) is 10.6. The highest BCUT2D eigenvalue weighted by Crippen LogP contribution is 2.26. The van der Waals surface area contributed by atoms with E-state index in [2.05, 4.69) is 10.1 Å². The fourth-order valence-corrected chi connectivity index (χ4v) is 3.39. The SMILES string of the molecule is CC1CN(c2ccc(NC(=O)C=Cc3ccccc3OC(F)F)cc2F)CC(C)O1. The molecule has 160 valence electrons. The Balaban J connectivity index is 1.66. The van der Waals surface area contributed by atoms with Crippen LogP contribution in [0.1, 0.15) is 19.4 Å². The number of hydrogen-bond acceptors (Lipinski definition) is 4. The second-order valence-electron chi connectivity index (χ2n) is 7.07. The van der Waals surface area contributed by atoms with Crippen molar-refractivity contribution in [3.63, 3.8) is 0 Å². The number of para-hydroxylation sites is 1. The van der Waals surface area contributed by atoms with Crippen molar-refractivity contribution in [1.29, 1.82) is 0 Å². The first kappa shape index (κ1) is 21.7. The molecule has 2 unspecified atom stereocenters. The van der Waals surface area contributed by atoms with Gasteiger partial charge in [0.2, 0.25) is 5.91 Å². The number of ether oxygens (including phenoxy) is 2. The minimum Gasteiger partial charge on any atom is -0.434 e. The lowest BCUT2D eigenvalue weighted by atomic mass is 10.1. The quantitative estimate of drug-likeness (QED) is 0.689. The average molecular weight is 420 g/mol. The van der Waals surface area contributed by atoms with Crippen LogP contribution in [0.2, 0.25) is 0 Å². The zero-order chi connectivity index (χ0) is 21.7. The van der Waals surface area contributed by atoms with Gasteiger partial charge in [0, 0.05) is 30.4 Å². The highest BCUT2D eigenvalue weighted by molar-refractivity contribution is 6.02. The molecule has 2 aromatic rings. The van der Waals surface area contributed by atoms with Crippen molar-refractivity contribution in [3.8, 4) is 5.75 Å². The number of halogens is 3. The predicted molar refractivity (Wildman–Crippen MR) is 109 cm³/mol. The van der Waals surface area contributed by atoms with Crippen LogP contribution in [0.4, 0.5) is 24.5 Å². The molecule has 1 N–H and O–H groups in total. The second-order valence-corrected chi connectivity index (χ2v) is 7.07. The van der Waals surface area contributed by atoms with Gasteiger partial charge in [-0.05, 0) is 44.2 Å². The van der Waals surface area contributed by atoms with E-state index in [1.165, 1.54) is 24.3 Å². The molecule has 1 amide bonds. The number of morpholine rings is 1. The second kappa shape index (κ2) is 9.67. The maximum atomic E-state index is 14.6. The molecule has 2 atom stereocenters. The number of anilines is 2. The predicted octanol–water partition coefficient (Wildman–Crippen LogP) is 4.69. The topological polar surface area (TPSA) is 50.8 Å². The molecule has 0 radical (unpaired) electrons. The highest BCUT2D eigenvalue weighted by atomic mass is 19.3. The molecule has 0 aliphatic carbocycles. The van der Waals surface area contributed by atoms with E-state index in [4.69, 9.17) is 4.74 Å². The number of carbonyl (C=O) groups excluding carboxylic acids is 1. The van der Waals surface area contributed by atoms with Crippen LogP contribution in [0, 0.1) is 5.82 Å². The van der Waals surface area contributed by atoms with E-state index in [9.17, 15) is 18.0 Å². The van der Waals surface area contributed by atoms with Gasteiger partial charge in [-0.25, -0.2) is 4.39 Å². The van der Waals surface area contributed by atoms with Crippen LogP contribution in [0.15, 0.2) is 48.5 Å². The fourth-order valence-electron chi connectivity index (χ4n) is 3.39. The third-order valence-electron chi connectivity index (χ3n) is 4.52. The maximum Gasteiger partial charge on any atom is 0.387 e. The molecule has 5 nitrogen and oxygen atoms in total. The van der Waals surface area contributed by atoms with E-state index in [-0.39, 0.29) is 23.6 Å². The number of alkyl halides is 2. The van der Waals surface area contributed by atoms with E-state index in [0.717, 1.165) is 0 Å². The Morgan fingerprint density at radius 1 is 1.20 bits per heavy atom. The van der Waals surface area contributed by atoms with Crippen molar-refractivity contribution in [1.82, 2.24) is 0 Å². The molecule has 1 saturated heterocycles. The van der Waals surface area contributed by atoms with Crippen LogP contribution in [-0.4, -0.2) is 37.8 Å². The molecular weight excluding hydrogens is 397 g/mol. The number of nitrogens with zero attached hydrogens (tertiary/aromatic N) is 1. The van der Waals surface area contributed by atoms with Gasteiger partial charge in [0.1, 0.15) is 11.6 Å². The third-order valence-corrected chi connectivity index (χ3v) is 4.52. The molecule has 1 heterocycles. The van der Waals surface area contributed by atoms with Crippen molar-refractivity contribution in [2.45, 2.75) is 32.7 Å². The van der Waals surface area contributed by atoms with E-state index in [1.54, 1.807) is 30.3 Å². The number of nitrogens with one attached hydrogen (secondary N) is 1. The fraction of sp³-hybridized carbons (Fsp3) is 0.318. The molecule has 8 heteroatoms. The van der Waals surface area contributed by atoms with Crippen LogP contribution in [0.25, 0.3) is 6.08 Å². The van der Waals surface area contributed by atoms with Crippen LogP contribution < -0.4 is 15.0 Å². The monoisotopic (exact) mass is 420 g/mol. The molecule has 0 aromatic heterocycles. The number of hydrogen-bond donors (Lipinski definition) is 1. The first-order valence-electron chi connectivity index (χ1n) is 9.54. The summed E-state index contributed by atoms with van der Waals surface area (Å²) in [4.78, 5) is 14.1. The minimum absolute atomic E-state index is 0.00501. The highest BCUT2D eigenvalue weighted by Gasteiger charge is 2.24. The van der Waals surface area contributed by atoms with E-state index >= 15 is 0 Å². The third kappa shape index (κ3) is 5.76. The van der Waals surface area contributed by atoms with Gasteiger partial charge in [-0.2, -0.15) is 8.78 Å². The summed E-state index contributed by atoms with van der Waals surface area (Å²) in [6.07, 6.45) is 2.52. The van der Waals surface area contributed by atoms with Crippen LogP contribution in [0.3, 0.4) is 0 Å².